The highest BCUT2D eigenvalue weighted by atomic mass is 19.4. The van der Waals surface area contributed by atoms with E-state index in [0.29, 0.717) is 12.8 Å². The summed E-state index contributed by atoms with van der Waals surface area (Å²) in [6.07, 6.45) is 0.673. The van der Waals surface area contributed by atoms with Crippen LogP contribution in [0.5, 0.6) is 0 Å². The van der Waals surface area contributed by atoms with Gasteiger partial charge >= 0.3 is 6.18 Å². The van der Waals surface area contributed by atoms with Crippen LogP contribution in [0.2, 0.25) is 0 Å². The van der Waals surface area contributed by atoms with E-state index < -0.39 is 24.0 Å². The number of nitrogens with zero attached hydrogens (tertiary/aromatic N) is 1. The zero-order chi connectivity index (χ0) is 13.2. The lowest BCUT2D eigenvalue weighted by Crippen LogP contribution is -2.49. The molecule has 1 aromatic rings. The van der Waals surface area contributed by atoms with Gasteiger partial charge in [0, 0.05) is 6.20 Å². The first-order chi connectivity index (χ1) is 8.48. The molecule has 0 saturated heterocycles. The van der Waals surface area contributed by atoms with Crippen molar-refractivity contribution in [3.8, 4) is 0 Å². The topological polar surface area (TPSA) is 57.8 Å². The van der Waals surface area contributed by atoms with Crippen molar-refractivity contribution < 1.29 is 18.0 Å². The average Bonchev–Trinajstić information content (AvgIpc) is 2.96. The first-order valence-electron chi connectivity index (χ1n) is 5.85. The second kappa shape index (κ2) is 4.99. The smallest absolute Gasteiger partial charge is 0.340 e. The summed E-state index contributed by atoms with van der Waals surface area (Å²) in [5.41, 5.74) is 0.113. The summed E-state index contributed by atoms with van der Waals surface area (Å²) >= 11 is 0. The molecule has 1 amide bonds. The van der Waals surface area contributed by atoms with Crippen molar-refractivity contribution in [2.75, 3.05) is 0 Å². The normalized spacial score (nSPS) is 18.8. The molecule has 18 heavy (non-hydrogen) atoms. The molecule has 0 spiro atoms. The fourth-order valence-corrected chi connectivity index (χ4v) is 2.36. The molecule has 7 heteroatoms. The standard InChI is InChI=1S/C11H14F3N3O/c12-11(13,14)9(7-3-1-2-4-7)17-10(18)8-5-15-16-6-8/h5-7,9H,1-4H2,(H,15,16)(H,17,18)/t9-/m0/s1. The quantitative estimate of drug-likeness (QED) is 0.876. The van der Waals surface area contributed by atoms with Gasteiger partial charge in [-0.2, -0.15) is 18.3 Å². The van der Waals surface area contributed by atoms with Gasteiger partial charge in [-0.05, 0) is 18.8 Å². The van der Waals surface area contributed by atoms with Gasteiger partial charge in [-0.1, -0.05) is 12.8 Å². The highest BCUT2D eigenvalue weighted by molar-refractivity contribution is 5.93. The fourth-order valence-electron chi connectivity index (χ4n) is 2.36. The Balaban J connectivity index is 2.08. The monoisotopic (exact) mass is 261 g/mol. The van der Waals surface area contributed by atoms with Crippen LogP contribution in [-0.2, 0) is 0 Å². The van der Waals surface area contributed by atoms with E-state index in [1.54, 1.807) is 0 Å². The Hall–Kier alpha value is -1.53. The Kier molecular flexibility index (Phi) is 3.58. The molecule has 0 aliphatic heterocycles. The second-order valence-electron chi connectivity index (χ2n) is 4.52. The zero-order valence-electron chi connectivity index (χ0n) is 9.63. The molecule has 100 valence electrons. The summed E-state index contributed by atoms with van der Waals surface area (Å²) in [6.45, 7) is 0. The van der Waals surface area contributed by atoms with Crippen molar-refractivity contribution in [2.45, 2.75) is 37.9 Å². The minimum Gasteiger partial charge on any atom is -0.340 e. The third-order valence-electron chi connectivity index (χ3n) is 3.27. The summed E-state index contributed by atoms with van der Waals surface area (Å²) in [6, 6.07) is -1.76. The van der Waals surface area contributed by atoms with E-state index in [9.17, 15) is 18.0 Å². The minimum absolute atomic E-state index is 0.113. The van der Waals surface area contributed by atoms with Crippen LogP contribution in [0.3, 0.4) is 0 Å². The molecule has 0 bridgehead atoms. The maximum Gasteiger partial charge on any atom is 0.408 e. The van der Waals surface area contributed by atoms with Gasteiger partial charge < -0.3 is 5.32 Å². The van der Waals surface area contributed by atoms with Crippen LogP contribution in [-0.4, -0.2) is 28.3 Å². The van der Waals surface area contributed by atoms with Gasteiger partial charge in [0.05, 0.1) is 11.8 Å². The number of rotatable bonds is 3. The van der Waals surface area contributed by atoms with Gasteiger partial charge in [0.25, 0.3) is 5.91 Å². The van der Waals surface area contributed by atoms with Gasteiger partial charge in [0.1, 0.15) is 6.04 Å². The Morgan fingerprint density at radius 1 is 1.44 bits per heavy atom. The largest absolute Gasteiger partial charge is 0.408 e. The van der Waals surface area contributed by atoms with Crippen LogP contribution in [0.15, 0.2) is 12.4 Å². The van der Waals surface area contributed by atoms with Crippen molar-refractivity contribution in [2.24, 2.45) is 5.92 Å². The number of hydrogen-bond donors (Lipinski definition) is 2. The molecule has 1 aromatic heterocycles. The van der Waals surface area contributed by atoms with Crippen molar-refractivity contribution in [1.82, 2.24) is 15.5 Å². The van der Waals surface area contributed by atoms with E-state index in [4.69, 9.17) is 0 Å². The third kappa shape index (κ3) is 2.83. The number of nitrogens with one attached hydrogen (secondary N) is 2. The Labute approximate surface area is 102 Å². The number of hydrogen-bond acceptors (Lipinski definition) is 2. The van der Waals surface area contributed by atoms with Gasteiger partial charge in [0.15, 0.2) is 0 Å². The Morgan fingerprint density at radius 2 is 2.11 bits per heavy atom. The summed E-state index contributed by atoms with van der Waals surface area (Å²) in [4.78, 5) is 11.6. The Bertz CT molecular complexity index is 396. The molecular weight excluding hydrogens is 247 g/mol. The van der Waals surface area contributed by atoms with Crippen LogP contribution < -0.4 is 5.32 Å². The van der Waals surface area contributed by atoms with Crippen molar-refractivity contribution in [1.29, 1.82) is 0 Å². The van der Waals surface area contributed by atoms with E-state index in [1.807, 2.05) is 0 Å². The average molecular weight is 261 g/mol. The lowest BCUT2D eigenvalue weighted by molar-refractivity contribution is -0.164. The summed E-state index contributed by atoms with van der Waals surface area (Å²) < 4.78 is 38.8. The lowest BCUT2D eigenvalue weighted by Gasteiger charge is -2.26. The van der Waals surface area contributed by atoms with E-state index in [0.717, 1.165) is 12.8 Å². The molecule has 1 aliphatic rings. The van der Waals surface area contributed by atoms with Gasteiger partial charge in [-0.3, -0.25) is 9.89 Å². The molecule has 2 rings (SSSR count). The maximum atomic E-state index is 12.9. The van der Waals surface area contributed by atoms with Crippen molar-refractivity contribution in [3.05, 3.63) is 18.0 Å². The van der Waals surface area contributed by atoms with E-state index in [-0.39, 0.29) is 5.56 Å². The molecule has 1 aliphatic carbocycles. The molecule has 1 fully saturated rings. The second-order valence-corrected chi connectivity index (χ2v) is 4.52. The molecule has 1 atom stereocenters. The van der Waals surface area contributed by atoms with Gasteiger partial charge in [0.2, 0.25) is 0 Å². The van der Waals surface area contributed by atoms with Crippen LogP contribution >= 0.6 is 0 Å². The molecule has 1 heterocycles. The van der Waals surface area contributed by atoms with E-state index in [1.165, 1.54) is 12.4 Å². The highest BCUT2D eigenvalue weighted by Crippen LogP contribution is 2.35. The molecule has 2 N–H and O–H groups in total. The van der Waals surface area contributed by atoms with Gasteiger partial charge in [-0.25, -0.2) is 0 Å². The number of aromatic amines is 1. The van der Waals surface area contributed by atoms with E-state index in [2.05, 4.69) is 15.5 Å². The molecular formula is C11H14F3N3O. The van der Waals surface area contributed by atoms with Crippen LogP contribution in [0.1, 0.15) is 36.0 Å². The van der Waals surface area contributed by atoms with Crippen LogP contribution in [0, 0.1) is 5.92 Å². The summed E-state index contributed by atoms with van der Waals surface area (Å²) in [7, 11) is 0. The maximum absolute atomic E-state index is 12.9. The predicted octanol–water partition coefficient (Wildman–Crippen LogP) is 2.26. The number of carbonyl (C=O) groups is 1. The van der Waals surface area contributed by atoms with Crippen molar-refractivity contribution >= 4 is 5.91 Å². The molecule has 0 radical (unpaired) electrons. The molecule has 0 aromatic carbocycles. The number of amides is 1. The van der Waals surface area contributed by atoms with Crippen LogP contribution in [0.25, 0.3) is 0 Å². The number of aromatic nitrogens is 2. The van der Waals surface area contributed by atoms with Crippen LogP contribution in [0.4, 0.5) is 13.2 Å². The minimum atomic E-state index is -4.41. The molecule has 0 unspecified atom stereocenters. The Morgan fingerprint density at radius 3 is 2.61 bits per heavy atom. The van der Waals surface area contributed by atoms with E-state index >= 15 is 0 Å². The first-order valence-corrected chi connectivity index (χ1v) is 5.85. The number of alkyl halides is 3. The zero-order valence-corrected chi connectivity index (χ0v) is 9.63. The SMILES string of the molecule is O=C(N[C@@H](C1CCCC1)C(F)(F)F)c1cn[nH]c1. The molecule has 4 nitrogen and oxygen atoms in total. The highest BCUT2D eigenvalue weighted by Gasteiger charge is 2.46. The number of H-pyrrole nitrogens is 1. The summed E-state index contributed by atoms with van der Waals surface area (Å²) in [5, 5.41) is 8.02. The molecule has 1 saturated carbocycles. The summed E-state index contributed by atoms with van der Waals surface area (Å²) in [5.74, 6) is -1.25. The number of carbonyl (C=O) groups excluding carboxylic acids is 1. The van der Waals surface area contributed by atoms with Crippen molar-refractivity contribution in [3.63, 3.8) is 0 Å². The first kappa shape index (κ1) is 12.9. The number of halogens is 3. The lowest BCUT2D eigenvalue weighted by atomic mass is 9.97. The predicted molar refractivity (Wildman–Crippen MR) is 57.9 cm³/mol. The van der Waals surface area contributed by atoms with Gasteiger partial charge in [-0.15, -0.1) is 0 Å². The fraction of sp³-hybridized carbons (Fsp3) is 0.636. The third-order valence-corrected chi connectivity index (χ3v) is 3.27.